The van der Waals surface area contributed by atoms with Gasteiger partial charge in [-0.2, -0.15) is 0 Å². The Morgan fingerprint density at radius 2 is 1.88 bits per heavy atom. The molecule has 3 rings (SSSR count). The van der Waals surface area contributed by atoms with Gasteiger partial charge in [0.2, 0.25) is 0 Å². The summed E-state index contributed by atoms with van der Waals surface area (Å²) >= 11 is 0. The lowest BCUT2D eigenvalue weighted by atomic mass is 9.73. The van der Waals surface area contributed by atoms with Crippen LogP contribution in [-0.2, 0) is 14.2 Å². The molecule has 1 unspecified atom stereocenters. The molecule has 0 radical (unpaired) electrons. The lowest BCUT2D eigenvalue weighted by Crippen LogP contribution is -2.57. The van der Waals surface area contributed by atoms with Crippen LogP contribution in [0.1, 0.15) is 33.6 Å². The minimum Gasteiger partial charge on any atom is -0.390 e. The Morgan fingerprint density at radius 1 is 1.18 bits per heavy atom. The van der Waals surface area contributed by atoms with E-state index in [9.17, 15) is 10.2 Å². The summed E-state index contributed by atoms with van der Waals surface area (Å²) in [5, 5.41) is 20.8. The molecule has 2 N–H and O–H groups in total. The summed E-state index contributed by atoms with van der Waals surface area (Å²) in [6, 6.07) is 0. The molecule has 0 bridgehead atoms. The molecule has 0 aromatic carbocycles. The summed E-state index contributed by atoms with van der Waals surface area (Å²) in [4.78, 5) is 0. The Hall–Kier alpha value is -0.200. The van der Waals surface area contributed by atoms with Gasteiger partial charge in [-0.3, -0.25) is 0 Å². The highest BCUT2D eigenvalue weighted by atomic mass is 16.8. The second-order valence-corrected chi connectivity index (χ2v) is 6.08. The Balaban J connectivity index is 1.89. The van der Waals surface area contributed by atoms with E-state index in [1.165, 1.54) is 0 Å². The fourth-order valence-corrected chi connectivity index (χ4v) is 3.43. The van der Waals surface area contributed by atoms with E-state index in [0.717, 1.165) is 0 Å². The monoisotopic (exact) mass is 244 g/mol. The maximum atomic E-state index is 10.8. The zero-order valence-corrected chi connectivity index (χ0v) is 10.4. The first-order chi connectivity index (χ1) is 7.82. The zero-order chi connectivity index (χ0) is 12.4. The topological polar surface area (TPSA) is 68.2 Å². The Bertz CT molecular complexity index is 331. The van der Waals surface area contributed by atoms with E-state index in [2.05, 4.69) is 0 Å². The molecule has 98 valence electrons. The van der Waals surface area contributed by atoms with Crippen LogP contribution in [-0.4, -0.2) is 46.2 Å². The fraction of sp³-hybridized carbons (Fsp3) is 1.00. The van der Waals surface area contributed by atoms with Gasteiger partial charge in [0.1, 0.15) is 17.8 Å². The van der Waals surface area contributed by atoms with E-state index in [1.807, 2.05) is 6.92 Å². The summed E-state index contributed by atoms with van der Waals surface area (Å²) in [6.45, 7) is 5.62. The second kappa shape index (κ2) is 3.42. The average molecular weight is 244 g/mol. The first-order valence-corrected chi connectivity index (χ1v) is 6.23. The molecule has 1 aliphatic carbocycles. The van der Waals surface area contributed by atoms with Crippen LogP contribution in [0, 0.1) is 5.92 Å². The molecule has 6 atom stereocenters. The van der Waals surface area contributed by atoms with Crippen LogP contribution >= 0.6 is 0 Å². The number of fused-ring (bicyclic) bond motifs is 3. The molecule has 5 heteroatoms. The third-order valence-electron chi connectivity index (χ3n) is 3.99. The summed E-state index contributed by atoms with van der Waals surface area (Å²) in [5.41, 5.74) is -1.13. The van der Waals surface area contributed by atoms with Crippen molar-refractivity contribution in [1.82, 2.24) is 0 Å². The van der Waals surface area contributed by atoms with Crippen LogP contribution in [0.15, 0.2) is 0 Å². The van der Waals surface area contributed by atoms with E-state index >= 15 is 0 Å². The van der Waals surface area contributed by atoms with Crippen molar-refractivity contribution in [2.24, 2.45) is 5.92 Å². The quantitative estimate of drug-likeness (QED) is 0.645. The normalized spacial score (nSPS) is 56.6. The van der Waals surface area contributed by atoms with Crippen LogP contribution in [0.2, 0.25) is 0 Å². The van der Waals surface area contributed by atoms with Gasteiger partial charge in [-0.05, 0) is 32.6 Å². The fourth-order valence-electron chi connectivity index (χ4n) is 3.43. The molecule has 5 nitrogen and oxygen atoms in total. The molecule has 2 heterocycles. The van der Waals surface area contributed by atoms with Crippen molar-refractivity contribution in [3.05, 3.63) is 0 Å². The van der Waals surface area contributed by atoms with Gasteiger partial charge in [-0.25, -0.2) is 0 Å². The van der Waals surface area contributed by atoms with Crippen molar-refractivity contribution in [3.8, 4) is 0 Å². The first-order valence-electron chi connectivity index (χ1n) is 6.23. The van der Waals surface area contributed by atoms with Gasteiger partial charge >= 0.3 is 0 Å². The molecule has 0 amide bonds. The summed E-state index contributed by atoms with van der Waals surface area (Å²) in [6.07, 6.45) is -1.08. The van der Waals surface area contributed by atoms with Gasteiger partial charge in [-0.1, -0.05) is 6.92 Å². The van der Waals surface area contributed by atoms with Crippen LogP contribution in [0.25, 0.3) is 0 Å². The van der Waals surface area contributed by atoms with Crippen molar-refractivity contribution >= 4 is 0 Å². The van der Waals surface area contributed by atoms with Crippen LogP contribution < -0.4 is 0 Å². The standard InChI is InChI=1S/C12H20O5/c1-6-4-7(13)8-12(14,5-6)9-10(15-8)17-11(2,3)16-9/h6-10,13-14H,4-5H2,1-3H3/t6?,7-,8-,9+,10+,12-/m1/s1. The molecule has 17 heavy (non-hydrogen) atoms. The Morgan fingerprint density at radius 3 is 2.59 bits per heavy atom. The van der Waals surface area contributed by atoms with Gasteiger partial charge in [0.15, 0.2) is 12.1 Å². The Labute approximate surface area is 101 Å². The Kier molecular flexibility index (Phi) is 2.39. The zero-order valence-electron chi connectivity index (χ0n) is 10.4. The first kappa shape index (κ1) is 11.9. The summed E-state index contributed by atoms with van der Waals surface area (Å²) < 4.78 is 17.0. The lowest BCUT2D eigenvalue weighted by molar-refractivity contribution is -0.252. The summed E-state index contributed by atoms with van der Waals surface area (Å²) in [5.74, 6) is -0.484. The maximum Gasteiger partial charge on any atom is 0.190 e. The van der Waals surface area contributed by atoms with Crippen molar-refractivity contribution in [3.63, 3.8) is 0 Å². The number of ether oxygens (including phenoxy) is 3. The average Bonchev–Trinajstić information content (AvgIpc) is 2.58. The molecule has 3 aliphatic rings. The van der Waals surface area contributed by atoms with Crippen molar-refractivity contribution in [2.75, 3.05) is 0 Å². The van der Waals surface area contributed by atoms with Crippen LogP contribution in [0.5, 0.6) is 0 Å². The molecule has 0 aromatic heterocycles. The van der Waals surface area contributed by atoms with E-state index < -0.39 is 36.0 Å². The van der Waals surface area contributed by atoms with E-state index in [1.54, 1.807) is 13.8 Å². The molecule has 3 fully saturated rings. The second-order valence-electron chi connectivity index (χ2n) is 6.08. The molecule has 2 aliphatic heterocycles. The molecule has 1 saturated carbocycles. The molecule has 0 spiro atoms. The number of rotatable bonds is 0. The SMILES string of the molecule is CC1C[C@@H](O)[C@H]2O[C@H]3OC(C)(C)O[C@@H]3[C@@]2(O)C1. The highest BCUT2D eigenvalue weighted by molar-refractivity contribution is 5.10. The number of aliphatic hydroxyl groups excluding tert-OH is 1. The number of hydrogen-bond donors (Lipinski definition) is 2. The number of aliphatic hydroxyl groups is 2. The van der Waals surface area contributed by atoms with Gasteiger partial charge in [0, 0.05) is 0 Å². The molecule has 2 saturated heterocycles. The third kappa shape index (κ3) is 1.64. The van der Waals surface area contributed by atoms with Crippen molar-refractivity contribution < 1.29 is 24.4 Å². The van der Waals surface area contributed by atoms with E-state index in [0.29, 0.717) is 12.8 Å². The minimum atomic E-state index is -1.13. The van der Waals surface area contributed by atoms with Gasteiger partial charge in [0.25, 0.3) is 0 Å². The van der Waals surface area contributed by atoms with Crippen molar-refractivity contribution in [1.29, 1.82) is 0 Å². The minimum absolute atomic E-state index is 0.251. The van der Waals surface area contributed by atoms with Gasteiger partial charge in [-0.15, -0.1) is 0 Å². The highest BCUT2D eigenvalue weighted by Crippen LogP contribution is 2.49. The predicted molar refractivity (Wildman–Crippen MR) is 58.1 cm³/mol. The predicted octanol–water partition coefficient (Wildman–Crippen LogP) is 0.385. The van der Waals surface area contributed by atoms with Crippen LogP contribution in [0.3, 0.4) is 0 Å². The van der Waals surface area contributed by atoms with Gasteiger partial charge < -0.3 is 24.4 Å². The molecular weight excluding hydrogens is 224 g/mol. The highest BCUT2D eigenvalue weighted by Gasteiger charge is 2.66. The van der Waals surface area contributed by atoms with Crippen LogP contribution in [0.4, 0.5) is 0 Å². The van der Waals surface area contributed by atoms with E-state index in [4.69, 9.17) is 14.2 Å². The largest absolute Gasteiger partial charge is 0.390 e. The van der Waals surface area contributed by atoms with Gasteiger partial charge in [0.05, 0.1) is 6.10 Å². The number of hydrogen-bond acceptors (Lipinski definition) is 5. The van der Waals surface area contributed by atoms with Crippen molar-refractivity contribution in [2.45, 2.75) is 69.6 Å². The maximum absolute atomic E-state index is 10.8. The lowest BCUT2D eigenvalue weighted by Gasteiger charge is -2.42. The summed E-state index contributed by atoms with van der Waals surface area (Å²) in [7, 11) is 0. The third-order valence-corrected chi connectivity index (χ3v) is 3.99. The molecular formula is C12H20O5. The molecule has 0 aromatic rings. The van der Waals surface area contributed by atoms with E-state index in [-0.39, 0.29) is 5.92 Å². The smallest absolute Gasteiger partial charge is 0.190 e.